The van der Waals surface area contributed by atoms with Crippen molar-refractivity contribution in [1.29, 1.82) is 0 Å². The van der Waals surface area contributed by atoms with Gasteiger partial charge in [-0.25, -0.2) is 0 Å². The molecule has 1 aromatic heterocycles. The molecule has 1 aliphatic rings. The Balaban J connectivity index is 2.13. The molecule has 1 N–H and O–H groups in total. The molecule has 1 unspecified atom stereocenters. The number of likely N-dealkylation sites (N-methyl/N-ethyl adjacent to an activating group) is 1. The molecule has 106 valence electrons. The highest BCUT2D eigenvalue weighted by molar-refractivity contribution is 5.09. The number of rotatable bonds is 6. The molecule has 0 aliphatic carbocycles. The molecule has 1 aliphatic heterocycles. The summed E-state index contributed by atoms with van der Waals surface area (Å²) in [6.07, 6.45) is 4.62. The van der Waals surface area contributed by atoms with Crippen LogP contribution in [0.25, 0.3) is 0 Å². The van der Waals surface area contributed by atoms with Crippen molar-refractivity contribution in [3.05, 3.63) is 30.1 Å². The molecule has 4 nitrogen and oxygen atoms in total. The van der Waals surface area contributed by atoms with Crippen LogP contribution in [-0.4, -0.2) is 43.5 Å². The highest BCUT2D eigenvalue weighted by atomic mass is 16.5. The predicted molar refractivity (Wildman–Crippen MR) is 75.2 cm³/mol. The summed E-state index contributed by atoms with van der Waals surface area (Å²) in [6.45, 7) is 4.62. The highest BCUT2D eigenvalue weighted by Crippen LogP contribution is 2.29. The second-order valence-electron chi connectivity index (χ2n) is 5.02. The van der Waals surface area contributed by atoms with Gasteiger partial charge in [-0.05, 0) is 18.7 Å². The summed E-state index contributed by atoms with van der Waals surface area (Å²) < 4.78 is 11.4. The third-order valence-corrected chi connectivity index (χ3v) is 3.97. The van der Waals surface area contributed by atoms with Gasteiger partial charge in [-0.2, -0.15) is 0 Å². The van der Waals surface area contributed by atoms with Crippen LogP contribution in [0, 0.1) is 0 Å². The Morgan fingerprint density at radius 3 is 2.79 bits per heavy atom. The average Bonchev–Trinajstić information content (AvgIpc) is 2.48. The first-order valence-electron chi connectivity index (χ1n) is 7.07. The van der Waals surface area contributed by atoms with Crippen LogP contribution in [0.4, 0.5) is 0 Å². The second-order valence-corrected chi connectivity index (χ2v) is 5.02. The van der Waals surface area contributed by atoms with Crippen LogP contribution >= 0.6 is 0 Å². The molecular weight excluding hydrogens is 240 g/mol. The van der Waals surface area contributed by atoms with Crippen molar-refractivity contribution in [1.82, 2.24) is 10.3 Å². The summed E-state index contributed by atoms with van der Waals surface area (Å²) in [5.74, 6) is 0. The van der Waals surface area contributed by atoms with E-state index in [1.54, 1.807) is 0 Å². The molecule has 0 radical (unpaired) electrons. The van der Waals surface area contributed by atoms with E-state index >= 15 is 0 Å². The standard InChI is InChI=1S/C15H24N2O2/c1-3-16-14(12-13-6-4-5-9-17-13)15(18-2)7-10-19-11-8-15/h4-6,9,14,16H,3,7-8,10-12H2,1-2H3. The van der Waals surface area contributed by atoms with Crippen LogP contribution in [0.15, 0.2) is 24.4 Å². The van der Waals surface area contributed by atoms with Crippen molar-refractivity contribution in [2.24, 2.45) is 0 Å². The Kier molecular flexibility index (Phi) is 5.31. The summed E-state index contributed by atoms with van der Waals surface area (Å²) in [6, 6.07) is 6.34. The molecular formula is C15H24N2O2. The number of pyridine rings is 1. The minimum absolute atomic E-state index is 0.133. The van der Waals surface area contributed by atoms with Crippen LogP contribution in [0.5, 0.6) is 0 Å². The van der Waals surface area contributed by atoms with Gasteiger partial charge in [0.2, 0.25) is 0 Å². The van der Waals surface area contributed by atoms with Crippen molar-refractivity contribution in [2.45, 2.75) is 37.8 Å². The number of nitrogens with one attached hydrogen (secondary N) is 1. The molecule has 1 atom stereocenters. The van der Waals surface area contributed by atoms with Crippen molar-refractivity contribution < 1.29 is 9.47 Å². The largest absolute Gasteiger partial charge is 0.381 e. The summed E-state index contributed by atoms with van der Waals surface area (Å²) in [5, 5.41) is 3.57. The monoisotopic (exact) mass is 264 g/mol. The first-order chi connectivity index (χ1) is 9.30. The Labute approximate surface area is 115 Å². The molecule has 0 amide bonds. The molecule has 1 aromatic rings. The Morgan fingerprint density at radius 2 is 2.21 bits per heavy atom. The summed E-state index contributed by atoms with van der Waals surface area (Å²) >= 11 is 0. The van der Waals surface area contributed by atoms with Crippen molar-refractivity contribution >= 4 is 0 Å². The van der Waals surface area contributed by atoms with E-state index in [1.165, 1.54) is 0 Å². The first kappa shape index (κ1) is 14.4. The van der Waals surface area contributed by atoms with Crippen LogP contribution < -0.4 is 5.32 Å². The van der Waals surface area contributed by atoms with E-state index in [0.29, 0.717) is 0 Å². The average molecular weight is 264 g/mol. The quantitative estimate of drug-likeness (QED) is 0.851. The SMILES string of the molecule is CCNC(Cc1ccccn1)C1(OC)CCOCC1. The normalized spacial score (nSPS) is 20.1. The molecule has 0 spiro atoms. The van der Waals surface area contributed by atoms with E-state index in [0.717, 1.165) is 44.7 Å². The molecule has 19 heavy (non-hydrogen) atoms. The van der Waals surface area contributed by atoms with Crippen molar-refractivity contribution in [3.8, 4) is 0 Å². The fourth-order valence-electron chi connectivity index (χ4n) is 2.83. The number of aromatic nitrogens is 1. The summed E-state index contributed by atoms with van der Waals surface area (Å²) in [7, 11) is 1.81. The lowest BCUT2D eigenvalue weighted by molar-refractivity contribution is -0.110. The van der Waals surface area contributed by atoms with E-state index in [1.807, 2.05) is 25.4 Å². The van der Waals surface area contributed by atoms with Crippen LogP contribution in [0.2, 0.25) is 0 Å². The summed E-state index contributed by atoms with van der Waals surface area (Å²) in [5.41, 5.74) is 0.975. The Hall–Kier alpha value is -0.970. The fraction of sp³-hybridized carbons (Fsp3) is 0.667. The number of methoxy groups -OCH3 is 1. The molecule has 2 heterocycles. The zero-order valence-corrected chi connectivity index (χ0v) is 11.9. The molecule has 0 aromatic carbocycles. The number of hydrogen-bond acceptors (Lipinski definition) is 4. The molecule has 1 saturated heterocycles. The zero-order valence-electron chi connectivity index (χ0n) is 11.9. The topological polar surface area (TPSA) is 43.4 Å². The van der Waals surface area contributed by atoms with Crippen molar-refractivity contribution in [3.63, 3.8) is 0 Å². The van der Waals surface area contributed by atoms with Crippen LogP contribution in [-0.2, 0) is 15.9 Å². The predicted octanol–water partition coefficient (Wildman–Crippen LogP) is 1.80. The maximum absolute atomic E-state index is 5.90. The minimum atomic E-state index is -0.133. The van der Waals surface area contributed by atoms with E-state index in [-0.39, 0.29) is 11.6 Å². The lowest BCUT2D eigenvalue weighted by Crippen LogP contribution is -2.56. The molecule has 0 bridgehead atoms. The number of nitrogens with zero attached hydrogens (tertiary/aromatic N) is 1. The van der Waals surface area contributed by atoms with E-state index < -0.39 is 0 Å². The van der Waals surface area contributed by atoms with Gasteiger partial charge in [-0.1, -0.05) is 13.0 Å². The van der Waals surface area contributed by atoms with Gasteiger partial charge >= 0.3 is 0 Å². The van der Waals surface area contributed by atoms with Gasteiger partial charge < -0.3 is 14.8 Å². The van der Waals surface area contributed by atoms with E-state index in [4.69, 9.17) is 9.47 Å². The molecule has 4 heteroatoms. The van der Waals surface area contributed by atoms with Crippen LogP contribution in [0.1, 0.15) is 25.5 Å². The fourth-order valence-corrected chi connectivity index (χ4v) is 2.83. The van der Waals surface area contributed by atoms with E-state index in [9.17, 15) is 0 Å². The first-order valence-corrected chi connectivity index (χ1v) is 7.07. The maximum atomic E-state index is 5.90. The Morgan fingerprint density at radius 1 is 1.42 bits per heavy atom. The lowest BCUT2D eigenvalue weighted by Gasteiger charge is -2.42. The van der Waals surface area contributed by atoms with Gasteiger partial charge in [0.15, 0.2) is 0 Å². The Bertz CT molecular complexity index is 364. The van der Waals surface area contributed by atoms with Gasteiger partial charge in [-0.15, -0.1) is 0 Å². The van der Waals surface area contributed by atoms with Gasteiger partial charge in [0, 0.05) is 57.5 Å². The highest BCUT2D eigenvalue weighted by Gasteiger charge is 2.40. The van der Waals surface area contributed by atoms with Crippen LogP contribution in [0.3, 0.4) is 0 Å². The van der Waals surface area contributed by atoms with Gasteiger partial charge in [0.25, 0.3) is 0 Å². The molecule has 2 rings (SSSR count). The third-order valence-electron chi connectivity index (χ3n) is 3.97. The van der Waals surface area contributed by atoms with Gasteiger partial charge in [0.1, 0.15) is 0 Å². The third kappa shape index (κ3) is 3.53. The van der Waals surface area contributed by atoms with E-state index in [2.05, 4.69) is 23.3 Å². The summed E-state index contributed by atoms with van der Waals surface area (Å²) in [4.78, 5) is 4.43. The molecule has 1 fully saturated rings. The van der Waals surface area contributed by atoms with Crippen molar-refractivity contribution in [2.75, 3.05) is 26.9 Å². The minimum Gasteiger partial charge on any atom is -0.381 e. The zero-order chi connectivity index (χ0) is 13.6. The van der Waals surface area contributed by atoms with Gasteiger partial charge in [0.05, 0.1) is 5.60 Å². The number of ether oxygens (including phenoxy) is 2. The maximum Gasteiger partial charge on any atom is 0.0878 e. The lowest BCUT2D eigenvalue weighted by atomic mass is 9.83. The molecule has 0 saturated carbocycles. The second kappa shape index (κ2) is 6.98. The number of hydrogen-bond donors (Lipinski definition) is 1. The smallest absolute Gasteiger partial charge is 0.0878 e. The van der Waals surface area contributed by atoms with Gasteiger partial charge in [-0.3, -0.25) is 4.98 Å².